The highest BCUT2D eigenvalue weighted by Gasteiger charge is 2.46. The summed E-state index contributed by atoms with van der Waals surface area (Å²) in [4.78, 5) is 11.1. The van der Waals surface area contributed by atoms with Crippen LogP contribution in [0.1, 0.15) is 22.3 Å². The van der Waals surface area contributed by atoms with Gasteiger partial charge < -0.3 is 0 Å². The fourth-order valence-corrected chi connectivity index (χ4v) is 9.23. The van der Waals surface area contributed by atoms with Crippen LogP contribution in [0.4, 0.5) is 0 Å². The zero-order valence-electron chi connectivity index (χ0n) is 30.0. The van der Waals surface area contributed by atoms with Crippen molar-refractivity contribution in [2.75, 3.05) is 0 Å². The van der Waals surface area contributed by atoms with Gasteiger partial charge in [-0.3, -0.25) is 0 Å². The molecule has 10 aromatic rings. The predicted molar refractivity (Wildman–Crippen MR) is 228 cm³/mol. The van der Waals surface area contributed by atoms with E-state index in [4.69, 9.17) is 9.97 Å². The molecule has 0 fully saturated rings. The van der Waals surface area contributed by atoms with Crippen LogP contribution in [0.2, 0.25) is 0 Å². The number of rotatable bonds is 5. The van der Waals surface area contributed by atoms with Gasteiger partial charge in [-0.2, -0.15) is 0 Å². The first kappa shape index (κ1) is 31.4. The highest BCUT2D eigenvalue weighted by molar-refractivity contribution is 6.21. The van der Waals surface area contributed by atoms with E-state index in [0.717, 1.165) is 39.3 Å². The molecule has 0 saturated carbocycles. The molecule has 1 aromatic heterocycles. The minimum Gasteiger partial charge on any atom is -0.228 e. The van der Waals surface area contributed by atoms with Gasteiger partial charge in [0.15, 0.2) is 5.82 Å². The molecule has 0 atom stereocenters. The Morgan fingerprint density at radius 2 is 0.909 bits per heavy atom. The number of fused-ring (bicyclic) bond motifs is 7. The van der Waals surface area contributed by atoms with E-state index in [-0.39, 0.29) is 0 Å². The predicted octanol–water partition coefficient (Wildman–Crippen LogP) is 13.3. The molecule has 0 amide bonds. The zero-order chi connectivity index (χ0) is 36.3. The van der Waals surface area contributed by atoms with E-state index in [9.17, 15) is 0 Å². The topological polar surface area (TPSA) is 25.8 Å². The van der Waals surface area contributed by atoms with Gasteiger partial charge in [0.2, 0.25) is 0 Å². The Labute approximate surface area is 320 Å². The molecule has 0 radical (unpaired) electrons. The van der Waals surface area contributed by atoms with Gasteiger partial charge in [0.05, 0.1) is 16.8 Å². The first-order chi connectivity index (χ1) is 27.3. The molecule has 1 heterocycles. The summed E-state index contributed by atoms with van der Waals surface area (Å²) in [5.74, 6) is 0.718. The summed E-state index contributed by atoms with van der Waals surface area (Å²) in [6.07, 6.45) is 0. The van der Waals surface area contributed by atoms with Crippen LogP contribution in [0.5, 0.6) is 0 Å². The molecule has 0 saturated heterocycles. The van der Waals surface area contributed by atoms with Gasteiger partial charge in [-0.25, -0.2) is 9.97 Å². The lowest BCUT2D eigenvalue weighted by Crippen LogP contribution is -2.28. The van der Waals surface area contributed by atoms with Gasteiger partial charge in [0, 0.05) is 22.1 Å². The van der Waals surface area contributed by atoms with Crippen LogP contribution in [0.3, 0.4) is 0 Å². The Kier molecular flexibility index (Phi) is 7.11. The first-order valence-corrected chi connectivity index (χ1v) is 18.9. The normalized spacial score (nSPS) is 12.9. The number of aromatic nitrogens is 2. The Bertz CT molecular complexity index is 3040. The van der Waals surface area contributed by atoms with Crippen LogP contribution in [0.15, 0.2) is 206 Å². The second kappa shape index (κ2) is 12.5. The summed E-state index contributed by atoms with van der Waals surface area (Å²) in [5, 5.41) is 7.04. The molecule has 256 valence electrons. The molecular formula is C53H34N2. The van der Waals surface area contributed by atoms with E-state index in [2.05, 4.69) is 206 Å². The number of hydrogen-bond acceptors (Lipinski definition) is 2. The summed E-state index contributed by atoms with van der Waals surface area (Å²) >= 11 is 0. The van der Waals surface area contributed by atoms with Crippen molar-refractivity contribution in [3.8, 4) is 45.0 Å². The van der Waals surface area contributed by atoms with Crippen molar-refractivity contribution in [3.05, 3.63) is 229 Å². The minimum atomic E-state index is -0.507. The molecule has 1 aliphatic carbocycles. The third kappa shape index (κ3) is 4.75. The lowest BCUT2D eigenvalue weighted by molar-refractivity contribution is 0.768. The standard InChI is InChI=1S/C53H34N2/c1-4-18-36(19-5-1)47-34-48(55-52(54-47)51-42-26-13-11-20-37(42)33-38-32-31-35-17-10-12-25-41(35)49(38)51)44-28-16-30-46-50(44)43-27-14-15-29-45(43)53(46,39-21-6-2-7-22-39)40-23-8-3-9-24-40/h1-34H. The summed E-state index contributed by atoms with van der Waals surface area (Å²) in [7, 11) is 0. The maximum Gasteiger partial charge on any atom is 0.161 e. The lowest BCUT2D eigenvalue weighted by atomic mass is 9.67. The summed E-state index contributed by atoms with van der Waals surface area (Å²) in [6, 6.07) is 74.5. The quantitative estimate of drug-likeness (QED) is 0.132. The van der Waals surface area contributed by atoms with Crippen molar-refractivity contribution in [1.29, 1.82) is 0 Å². The largest absolute Gasteiger partial charge is 0.228 e. The SMILES string of the molecule is c1ccc(-c2cc(-c3cccc4c3-c3ccccc3C4(c3ccccc3)c3ccccc3)nc(-c3c4ccccc4cc4ccc5ccccc5c34)n2)cc1. The highest BCUT2D eigenvalue weighted by atomic mass is 14.9. The van der Waals surface area contributed by atoms with Crippen LogP contribution in [0, 0.1) is 0 Å². The van der Waals surface area contributed by atoms with Crippen molar-refractivity contribution in [1.82, 2.24) is 9.97 Å². The van der Waals surface area contributed by atoms with Gasteiger partial charge in [-0.05, 0) is 72.4 Å². The molecule has 0 spiro atoms. The molecule has 2 heteroatoms. The fourth-order valence-electron chi connectivity index (χ4n) is 9.23. The second-order valence-electron chi connectivity index (χ2n) is 14.4. The molecule has 11 rings (SSSR count). The monoisotopic (exact) mass is 698 g/mol. The van der Waals surface area contributed by atoms with Gasteiger partial charge in [-0.15, -0.1) is 0 Å². The van der Waals surface area contributed by atoms with Gasteiger partial charge >= 0.3 is 0 Å². The third-order valence-corrected chi connectivity index (χ3v) is 11.5. The molecule has 0 aliphatic heterocycles. The molecule has 55 heavy (non-hydrogen) atoms. The maximum absolute atomic E-state index is 5.64. The Morgan fingerprint density at radius 3 is 1.67 bits per heavy atom. The van der Waals surface area contributed by atoms with Crippen LogP contribution in [-0.2, 0) is 5.41 Å². The van der Waals surface area contributed by atoms with E-state index in [1.807, 2.05) is 0 Å². The van der Waals surface area contributed by atoms with Crippen molar-refractivity contribution in [2.24, 2.45) is 0 Å². The molecule has 9 aromatic carbocycles. The van der Waals surface area contributed by atoms with E-state index in [0.29, 0.717) is 0 Å². The van der Waals surface area contributed by atoms with Crippen LogP contribution >= 0.6 is 0 Å². The van der Waals surface area contributed by atoms with E-state index in [1.165, 1.54) is 60.3 Å². The van der Waals surface area contributed by atoms with Crippen LogP contribution in [0.25, 0.3) is 77.3 Å². The Hall–Kier alpha value is -7.16. The summed E-state index contributed by atoms with van der Waals surface area (Å²) < 4.78 is 0. The summed E-state index contributed by atoms with van der Waals surface area (Å²) in [5.41, 5.74) is 11.9. The van der Waals surface area contributed by atoms with Gasteiger partial charge in [0.1, 0.15) is 0 Å². The average molecular weight is 699 g/mol. The molecule has 0 bridgehead atoms. The van der Waals surface area contributed by atoms with Gasteiger partial charge in [0.25, 0.3) is 0 Å². The maximum atomic E-state index is 5.64. The van der Waals surface area contributed by atoms with Crippen molar-refractivity contribution in [3.63, 3.8) is 0 Å². The lowest BCUT2D eigenvalue weighted by Gasteiger charge is -2.33. The number of hydrogen-bond donors (Lipinski definition) is 0. The second-order valence-corrected chi connectivity index (χ2v) is 14.4. The minimum absolute atomic E-state index is 0.507. The van der Waals surface area contributed by atoms with Gasteiger partial charge in [-0.1, -0.05) is 194 Å². The highest BCUT2D eigenvalue weighted by Crippen LogP contribution is 2.58. The van der Waals surface area contributed by atoms with E-state index >= 15 is 0 Å². The third-order valence-electron chi connectivity index (χ3n) is 11.5. The first-order valence-electron chi connectivity index (χ1n) is 18.9. The average Bonchev–Trinajstić information content (AvgIpc) is 3.57. The van der Waals surface area contributed by atoms with E-state index < -0.39 is 5.41 Å². The fraction of sp³-hybridized carbons (Fsp3) is 0.0189. The zero-order valence-corrected chi connectivity index (χ0v) is 30.0. The van der Waals surface area contributed by atoms with Crippen LogP contribution in [-0.4, -0.2) is 9.97 Å². The molecule has 0 unspecified atom stereocenters. The van der Waals surface area contributed by atoms with Crippen molar-refractivity contribution in [2.45, 2.75) is 5.41 Å². The molecule has 1 aliphatic rings. The van der Waals surface area contributed by atoms with Crippen LogP contribution < -0.4 is 0 Å². The van der Waals surface area contributed by atoms with E-state index in [1.54, 1.807) is 0 Å². The van der Waals surface area contributed by atoms with Crippen molar-refractivity contribution < 1.29 is 0 Å². The molecule has 2 nitrogen and oxygen atoms in total. The van der Waals surface area contributed by atoms with Crippen molar-refractivity contribution >= 4 is 32.3 Å². The number of benzene rings is 9. The summed E-state index contributed by atoms with van der Waals surface area (Å²) in [6.45, 7) is 0. The molecule has 0 N–H and O–H groups in total. The smallest absolute Gasteiger partial charge is 0.161 e. The molecular weight excluding hydrogens is 665 g/mol. The Morgan fingerprint density at radius 1 is 0.345 bits per heavy atom. The number of nitrogens with zero attached hydrogens (tertiary/aromatic N) is 2. The Balaban J connectivity index is 1.26.